The minimum Gasteiger partial charge on any atom is -0.495 e. The van der Waals surface area contributed by atoms with Crippen molar-refractivity contribution in [2.45, 2.75) is 18.6 Å². The predicted octanol–water partition coefficient (Wildman–Crippen LogP) is 4.45. The molecule has 0 bridgehead atoms. The number of anilines is 1. The summed E-state index contributed by atoms with van der Waals surface area (Å²) in [5.74, 6) is -0.527. The maximum Gasteiger partial charge on any atom is 0.416 e. The van der Waals surface area contributed by atoms with Gasteiger partial charge in [-0.05, 0) is 36.7 Å². The molecule has 4 rings (SSSR count). The molecule has 2 heterocycles. The van der Waals surface area contributed by atoms with Crippen molar-refractivity contribution in [2.75, 3.05) is 31.7 Å². The van der Waals surface area contributed by atoms with Crippen LogP contribution in [0.5, 0.6) is 5.75 Å². The van der Waals surface area contributed by atoms with E-state index < -0.39 is 23.7 Å². The molecule has 9 heteroatoms. The fourth-order valence-electron chi connectivity index (χ4n) is 4.06. The summed E-state index contributed by atoms with van der Waals surface area (Å²) in [5.41, 5.74) is -0.658. The maximum atomic E-state index is 15.1. The summed E-state index contributed by atoms with van der Waals surface area (Å²) < 4.78 is 64.9. The van der Waals surface area contributed by atoms with Crippen molar-refractivity contribution in [1.82, 2.24) is 5.32 Å². The highest BCUT2D eigenvalue weighted by atomic mass is 19.4. The summed E-state index contributed by atoms with van der Waals surface area (Å²) in [6, 6.07) is 6.69. The molecule has 2 aliphatic rings. The largest absolute Gasteiger partial charge is 0.495 e. The van der Waals surface area contributed by atoms with Gasteiger partial charge in [-0.2, -0.15) is 13.2 Å². The van der Waals surface area contributed by atoms with Crippen molar-refractivity contribution < 1.29 is 31.8 Å². The molecular formula is C21H20F4N2O3. The summed E-state index contributed by atoms with van der Waals surface area (Å²) in [7, 11) is 1.36. The number of halogens is 4. The van der Waals surface area contributed by atoms with Crippen LogP contribution in [-0.2, 0) is 10.9 Å². The number of nitrogens with one attached hydrogen (secondary N) is 1. The van der Waals surface area contributed by atoms with Crippen LogP contribution in [0, 0.1) is 11.7 Å². The lowest BCUT2D eigenvalue weighted by molar-refractivity contribution is -0.137. The average molecular weight is 424 g/mol. The standard InChI is InChI=1S/C21H20F4N2O3/c1-29-19-8-15(12-3-2-4-14(7-12)21(23,24)25)16(22)9-18(19)27-17-5-6-26-10-13(17)11-30-20(27)28/h2-4,7-9,13,17,26H,5-6,10-11H2,1H3. The lowest BCUT2D eigenvalue weighted by Gasteiger charge is -2.43. The van der Waals surface area contributed by atoms with Crippen LogP contribution < -0.4 is 15.0 Å². The van der Waals surface area contributed by atoms with Crippen LogP contribution in [0.4, 0.5) is 28.0 Å². The Hall–Kier alpha value is -2.81. The molecule has 0 aliphatic carbocycles. The summed E-state index contributed by atoms with van der Waals surface area (Å²) in [4.78, 5) is 13.9. The van der Waals surface area contributed by atoms with Crippen molar-refractivity contribution >= 4 is 11.8 Å². The van der Waals surface area contributed by atoms with Gasteiger partial charge in [0.1, 0.15) is 11.6 Å². The van der Waals surface area contributed by atoms with E-state index >= 15 is 4.39 Å². The smallest absolute Gasteiger partial charge is 0.416 e. The first-order valence-electron chi connectivity index (χ1n) is 9.51. The van der Waals surface area contributed by atoms with Crippen molar-refractivity contribution in [3.8, 4) is 16.9 Å². The number of benzene rings is 2. The number of methoxy groups -OCH3 is 1. The molecule has 2 aromatic carbocycles. The van der Waals surface area contributed by atoms with Crippen LogP contribution in [0.25, 0.3) is 11.1 Å². The zero-order valence-corrected chi connectivity index (χ0v) is 16.1. The third-order valence-electron chi connectivity index (χ3n) is 5.55. The predicted molar refractivity (Wildman–Crippen MR) is 102 cm³/mol. The number of fused-ring (bicyclic) bond motifs is 1. The number of carbonyl (C=O) groups is 1. The van der Waals surface area contributed by atoms with Crippen LogP contribution in [0.3, 0.4) is 0 Å². The number of carbonyl (C=O) groups excluding carboxylic acids is 1. The molecule has 2 unspecified atom stereocenters. The molecule has 0 saturated carbocycles. The fourth-order valence-corrected chi connectivity index (χ4v) is 4.06. The Kier molecular flexibility index (Phi) is 5.31. The number of hydrogen-bond acceptors (Lipinski definition) is 4. The third kappa shape index (κ3) is 3.69. The second kappa shape index (κ2) is 7.79. The van der Waals surface area contributed by atoms with Gasteiger partial charge in [-0.1, -0.05) is 12.1 Å². The highest BCUT2D eigenvalue weighted by Crippen LogP contribution is 2.41. The van der Waals surface area contributed by atoms with Gasteiger partial charge in [-0.15, -0.1) is 0 Å². The normalized spacial score (nSPS) is 21.8. The van der Waals surface area contributed by atoms with E-state index in [1.54, 1.807) is 0 Å². The van der Waals surface area contributed by atoms with Gasteiger partial charge in [0.05, 0.1) is 25.0 Å². The molecule has 2 atom stereocenters. The Morgan fingerprint density at radius 2 is 2.03 bits per heavy atom. The number of alkyl halides is 3. The Balaban J connectivity index is 1.77. The third-order valence-corrected chi connectivity index (χ3v) is 5.55. The summed E-state index contributed by atoms with van der Waals surface area (Å²) in [6.07, 6.45) is -4.47. The topological polar surface area (TPSA) is 50.8 Å². The van der Waals surface area contributed by atoms with Crippen LogP contribution in [0.15, 0.2) is 36.4 Å². The zero-order valence-electron chi connectivity index (χ0n) is 16.1. The Labute approximate surface area is 170 Å². The molecule has 0 radical (unpaired) electrons. The van der Waals surface area contributed by atoms with Crippen molar-refractivity contribution in [3.05, 3.63) is 47.8 Å². The molecule has 0 spiro atoms. The lowest BCUT2D eigenvalue weighted by Crippen LogP contribution is -2.57. The molecule has 2 aromatic rings. The van der Waals surface area contributed by atoms with Crippen LogP contribution in [-0.4, -0.2) is 38.9 Å². The van der Waals surface area contributed by atoms with E-state index in [2.05, 4.69) is 5.32 Å². The second-order valence-corrected chi connectivity index (χ2v) is 7.35. The van der Waals surface area contributed by atoms with Gasteiger partial charge in [0.25, 0.3) is 0 Å². The van der Waals surface area contributed by atoms with Crippen LogP contribution >= 0.6 is 0 Å². The number of nitrogens with zero attached hydrogens (tertiary/aromatic N) is 1. The number of amides is 1. The second-order valence-electron chi connectivity index (χ2n) is 7.35. The van der Waals surface area contributed by atoms with Crippen molar-refractivity contribution in [2.24, 2.45) is 5.92 Å². The van der Waals surface area contributed by atoms with E-state index in [1.807, 2.05) is 0 Å². The van der Waals surface area contributed by atoms with E-state index in [1.165, 1.54) is 30.2 Å². The Bertz CT molecular complexity index is 964. The number of rotatable bonds is 3. The Morgan fingerprint density at radius 1 is 1.23 bits per heavy atom. The first-order valence-corrected chi connectivity index (χ1v) is 9.51. The summed E-state index contributed by atoms with van der Waals surface area (Å²) in [5, 5.41) is 3.24. The number of hydrogen-bond donors (Lipinski definition) is 1. The molecule has 5 nitrogen and oxygen atoms in total. The molecular weight excluding hydrogens is 404 g/mol. The first kappa shape index (κ1) is 20.5. The van der Waals surface area contributed by atoms with E-state index in [9.17, 15) is 18.0 Å². The minimum atomic E-state index is -4.54. The molecule has 1 amide bonds. The van der Waals surface area contributed by atoms with E-state index in [4.69, 9.17) is 9.47 Å². The molecule has 2 aliphatic heterocycles. The molecule has 30 heavy (non-hydrogen) atoms. The Morgan fingerprint density at radius 3 is 2.77 bits per heavy atom. The van der Waals surface area contributed by atoms with Gasteiger partial charge in [-0.25, -0.2) is 9.18 Å². The van der Waals surface area contributed by atoms with E-state index in [0.29, 0.717) is 19.5 Å². The zero-order chi connectivity index (χ0) is 21.5. The quantitative estimate of drug-likeness (QED) is 0.740. The molecule has 2 fully saturated rings. The summed E-state index contributed by atoms with van der Waals surface area (Å²) in [6.45, 7) is 1.65. The number of piperidine rings is 1. The minimum absolute atomic E-state index is 0.0473. The SMILES string of the molecule is COc1cc(-c2cccc(C(F)(F)F)c2)c(F)cc1N1C(=O)OCC2CNCCC21. The van der Waals surface area contributed by atoms with E-state index in [0.717, 1.165) is 18.2 Å². The average Bonchev–Trinajstić information content (AvgIpc) is 2.73. The van der Waals surface area contributed by atoms with Gasteiger partial charge in [0.2, 0.25) is 0 Å². The highest BCUT2D eigenvalue weighted by molar-refractivity contribution is 5.92. The number of ether oxygens (including phenoxy) is 2. The van der Waals surface area contributed by atoms with E-state index in [-0.39, 0.29) is 41.1 Å². The number of cyclic esters (lactones) is 1. The van der Waals surface area contributed by atoms with Crippen molar-refractivity contribution in [3.63, 3.8) is 0 Å². The monoisotopic (exact) mass is 424 g/mol. The molecule has 2 saturated heterocycles. The van der Waals surface area contributed by atoms with Gasteiger partial charge in [0, 0.05) is 30.1 Å². The highest BCUT2D eigenvalue weighted by Gasteiger charge is 2.41. The van der Waals surface area contributed by atoms with Crippen LogP contribution in [0.2, 0.25) is 0 Å². The van der Waals surface area contributed by atoms with Gasteiger partial charge in [-0.3, -0.25) is 4.90 Å². The lowest BCUT2D eigenvalue weighted by atomic mass is 9.91. The summed E-state index contributed by atoms with van der Waals surface area (Å²) >= 11 is 0. The molecule has 1 N–H and O–H groups in total. The van der Waals surface area contributed by atoms with Crippen molar-refractivity contribution in [1.29, 1.82) is 0 Å². The van der Waals surface area contributed by atoms with Gasteiger partial charge >= 0.3 is 12.3 Å². The van der Waals surface area contributed by atoms with Gasteiger partial charge in [0.15, 0.2) is 0 Å². The first-order chi connectivity index (χ1) is 14.3. The fraction of sp³-hybridized carbons (Fsp3) is 0.381. The van der Waals surface area contributed by atoms with Crippen LogP contribution in [0.1, 0.15) is 12.0 Å². The molecule has 160 valence electrons. The van der Waals surface area contributed by atoms with Gasteiger partial charge < -0.3 is 14.8 Å². The maximum absolute atomic E-state index is 15.1. The molecule has 0 aromatic heterocycles.